The van der Waals surface area contributed by atoms with Crippen LogP contribution in [0.3, 0.4) is 0 Å². The van der Waals surface area contributed by atoms with Crippen molar-refractivity contribution in [3.63, 3.8) is 0 Å². The van der Waals surface area contributed by atoms with Crippen LogP contribution < -0.4 is 10.2 Å². The van der Waals surface area contributed by atoms with Crippen LogP contribution in [0.25, 0.3) is 0 Å². The maximum absolute atomic E-state index is 9.75. The van der Waals surface area contributed by atoms with Gasteiger partial charge in [-0.05, 0) is 50.2 Å². The highest BCUT2D eigenvalue weighted by atomic mass is 16.3. The van der Waals surface area contributed by atoms with Gasteiger partial charge < -0.3 is 20.2 Å². The van der Waals surface area contributed by atoms with E-state index in [1.54, 1.807) is 0 Å². The Labute approximate surface area is 149 Å². The van der Waals surface area contributed by atoms with E-state index in [4.69, 9.17) is 0 Å². The van der Waals surface area contributed by atoms with Crippen LogP contribution in [0.2, 0.25) is 0 Å². The van der Waals surface area contributed by atoms with Crippen molar-refractivity contribution < 1.29 is 5.11 Å². The zero-order valence-electron chi connectivity index (χ0n) is 15.2. The van der Waals surface area contributed by atoms with Gasteiger partial charge >= 0.3 is 0 Å². The van der Waals surface area contributed by atoms with Crippen LogP contribution in [-0.2, 0) is 13.0 Å². The third-order valence-electron chi connectivity index (χ3n) is 4.53. The quantitative estimate of drug-likeness (QED) is 0.839. The summed E-state index contributed by atoms with van der Waals surface area (Å²) in [5.74, 6) is 1.63. The molecule has 0 spiro atoms. The van der Waals surface area contributed by atoms with Gasteiger partial charge in [0.25, 0.3) is 0 Å². The van der Waals surface area contributed by atoms with E-state index in [9.17, 15) is 5.11 Å². The smallest absolute Gasteiger partial charge is 0.224 e. The molecule has 0 radical (unpaired) electrons. The predicted molar refractivity (Wildman–Crippen MR) is 101 cm³/mol. The third kappa shape index (κ3) is 4.46. The molecule has 0 aliphatic carbocycles. The molecule has 0 saturated carbocycles. The molecule has 2 heterocycles. The number of aliphatic hydroxyl groups excluding tert-OH is 1. The van der Waals surface area contributed by atoms with Crippen molar-refractivity contribution >= 4 is 11.8 Å². The largest absolute Gasteiger partial charge is 0.389 e. The summed E-state index contributed by atoms with van der Waals surface area (Å²) in [5.41, 5.74) is 3.62. The number of hydrogen-bond acceptors (Lipinski definition) is 6. The minimum absolute atomic E-state index is 0.416. The molecular weight excluding hydrogens is 314 g/mol. The lowest BCUT2D eigenvalue weighted by atomic mass is 9.96. The molecule has 0 bridgehead atoms. The second kappa shape index (κ2) is 7.80. The summed E-state index contributed by atoms with van der Waals surface area (Å²) in [6.07, 6.45) is 2.36. The van der Waals surface area contributed by atoms with Gasteiger partial charge in [-0.3, -0.25) is 0 Å². The molecule has 6 nitrogen and oxygen atoms in total. The summed E-state index contributed by atoms with van der Waals surface area (Å²) >= 11 is 0. The van der Waals surface area contributed by atoms with Gasteiger partial charge in [0.1, 0.15) is 5.82 Å². The van der Waals surface area contributed by atoms with E-state index in [1.807, 2.05) is 39.3 Å². The van der Waals surface area contributed by atoms with E-state index < -0.39 is 6.10 Å². The van der Waals surface area contributed by atoms with E-state index in [1.165, 1.54) is 11.1 Å². The summed E-state index contributed by atoms with van der Waals surface area (Å²) in [5, 5.41) is 13.0. The first kappa shape index (κ1) is 17.6. The highest BCUT2D eigenvalue weighted by molar-refractivity contribution is 5.47. The molecule has 0 fully saturated rings. The van der Waals surface area contributed by atoms with Crippen molar-refractivity contribution in [3.8, 4) is 0 Å². The number of hydrogen-bond donors (Lipinski definition) is 2. The Kier molecular flexibility index (Phi) is 5.50. The summed E-state index contributed by atoms with van der Waals surface area (Å²) in [6, 6.07) is 8.24. The Balaban J connectivity index is 1.69. The molecule has 1 aromatic heterocycles. The monoisotopic (exact) mass is 341 g/mol. The molecular formula is C19H27N5O. The molecule has 6 heteroatoms. The van der Waals surface area contributed by atoms with Crippen LogP contribution in [0.15, 0.2) is 30.5 Å². The molecule has 0 unspecified atom stereocenters. The first-order chi connectivity index (χ1) is 12.0. The van der Waals surface area contributed by atoms with Gasteiger partial charge in [-0.1, -0.05) is 18.2 Å². The Morgan fingerprint density at radius 1 is 1.28 bits per heavy atom. The van der Waals surface area contributed by atoms with Crippen molar-refractivity contribution in [1.82, 2.24) is 14.9 Å². The predicted octanol–water partition coefficient (Wildman–Crippen LogP) is 2.07. The number of aromatic nitrogens is 2. The highest BCUT2D eigenvalue weighted by Crippen LogP contribution is 2.26. The molecule has 2 N–H and O–H groups in total. The van der Waals surface area contributed by atoms with Crippen LogP contribution in [-0.4, -0.2) is 53.7 Å². The van der Waals surface area contributed by atoms with Gasteiger partial charge in [0.05, 0.1) is 6.10 Å². The topological polar surface area (TPSA) is 64.5 Å². The number of fused-ring (bicyclic) bond motifs is 1. The fourth-order valence-corrected chi connectivity index (χ4v) is 3.03. The second-order valence-electron chi connectivity index (χ2n) is 6.84. The maximum Gasteiger partial charge on any atom is 0.224 e. The molecule has 3 rings (SSSR count). The maximum atomic E-state index is 9.75. The van der Waals surface area contributed by atoms with Gasteiger partial charge in [-0.2, -0.15) is 4.98 Å². The van der Waals surface area contributed by atoms with E-state index in [-0.39, 0.29) is 0 Å². The van der Waals surface area contributed by atoms with Gasteiger partial charge in [0.2, 0.25) is 5.95 Å². The van der Waals surface area contributed by atoms with Gasteiger partial charge in [-0.15, -0.1) is 0 Å². The van der Waals surface area contributed by atoms with Crippen molar-refractivity contribution in [2.24, 2.45) is 0 Å². The number of nitrogens with zero attached hydrogens (tertiary/aromatic N) is 4. The lowest BCUT2D eigenvalue weighted by Gasteiger charge is -2.30. The fraction of sp³-hybridized carbons (Fsp3) is 0.474. The first-order valence-corrected chi connectivity index (χ1v) is 8.79. The van der Waals surface area contributed by atoms with E-state index in [2.05, 4.69) is 37.2 Å². The molecule has 0 saturated heterocycles. The molecule has 25 heavy (non-hydrogen) atoms. The molecule has 1 aliphatic rings. The Morgan fingerprint density at radius 3 is 2.88 bits per heavy atom. The molecule has 1 aliphatic heterocycles. The normalized spacial score (nSPS) is 15.2. The molecule has 1 atom stereocenters. The van der Waals surface area contributed by atoms with Crippen LogP contribution in [0.1, 0.15) is 29.7 Å². The van der Waals surface area contributed by atoms with Crippen LogP contribution in [0.5, 0.6) is 0 Å². The van der Waals surface area contributed by atoms with Gasteiger partial charge in [0, 0.05) is 32.4 Å². The van der Waals surface area contributed by atoms with Crippen molar-refractivity contribution in [1.29, 1.82) is 0 Å². The lowest BCUT2D eigenvalue weighted by molar-refractivity contribution is 0.199. The minimum Gasteiger partial charge on any atom is -0.389 e. The van der Waals surface area contributed by atoms with Crippen molar-refractivity contribution in [2.75, 3.05) is 43.9 Å². The number of likely N-dealkylation sites (N-methyl/N-ethyl adjacent to an activating group) is 1. The average molecular weight is 341 g/mol. The minimum atomic E-state index is -0.416. The average Bonchev–Trinajstić information content (AvgIpc) is 2.60. The summed E-state index contributed by atoms with van der Waals surface area (Å²) in [7, 11) is 4.10. The Bertz CT molecular complexity index is 717. The molecule has 134 valence electrons. The van der Waals surface area contributed by atoms with E-state index in [0.717, 1.165) is 44.0 Å². The van der Waals surface area contributed by atoms with E-state index in [0.29, 0.717) is 5.95 Å². The number of nitrogens with one attached hydrogen (secondary N) is 1. The molecule has 1 aromatic carbocycles. The summed E-state index contributed by atoms with van der Waals surface area (Å²) in [4.78, 5) is 13.4. The Morgan fingerprint density at radius 2 is 2.12 bits per heavy atom. The number of anilines is 2. The number of aliphatic hydroxyl groups is 1. The third-order valence-corrected chi connectivity index (χ3v) is 4.53. The highest BCUT2D eigenvalue weighted by Gasteiger charge is 2.19. The van der Waals surface area contributed by atoms with Gasteiger partial charge in [0.15, 0.2) is 0 Å². The van der Waals surface area contributed by atoms with Crippen LogP contribution in [0.4, 0.5) is 11.8 Å². The van der Waals surface area contributed by atoms with Crippen LogP contribution in [0, 0.1) is 0 Å². The zero-order valence-corrected chi connectivity index (χ0v) is 15.2. The summed E-state index contributed by atoms with van der Waals surface area (Å²) in [6.45, 7) is 5.33. The van der Waals surface area contributed by atoms with Crippen molar-refractivity contribution in [3.05, 3.63) is 47.2 Å². The van der Waals surface area contributed by atoms with E-state index >= 15 is 0 Å². The number of benzene rings is 1. The van der Waals surface area contributed by atoms with Gasteiger partial charge in [-0.25, -0.2) is 4.98 Å². The Hall–Kier alpha value is -2.18. The molecule has 0 amide bonds. The van der Waals surface area contributed by atoms with Crippen LogP contribution >= 0.6 is 0 Å². The SMILES string of the molecule is C[C@@H](O)c1ccc2c(c1)CCN(c1ccnc(NCCN(C)C)n1)C2. The zero-order chi connectivity index (χ0) is 17.8. The molecule has 2 aromatic rings. The van der Waals surface area contributed by atoms with Crippen molar-refractivity contribution in [2.45, 2.75) is 26.0 Å². The lowest BCUT2D eigenvalue weighted by Crippen LogP contribution is -2.31. The second-order valence-corrected chi connectivity index (χ2v) is 6.84. The number of rotatable bonds is 6. The fourth-order valence-electron chi connectivity index (χ4n) is 3.03. The summed E-state index contributed by atoms with van der Waals surface area (Å²) < 4.78 is 0. The first-order valence-electron chi connectivity index (χ1n) is 8.79. The standard InChI is InChI=1S/C19H27N5O/c1-14(25)15-4-5-17-13-24(10-7-16(17)12-15)18-6-8-20-19(22-18)21-9-11-23(2)3/h4-6,8,12,14,25H,7,9-11,13H2,1-3H3,(H,20,21,22)/t14-/m1/s1.